The molecule has 1 saturated carbocycles. The molecule has 1 aromatic carbocycles. The number of benzene rings is 1. The number of hydrogen-bond donors (Lipinski definition) is 1. The molecular weight excluding hydrogens is 300 g/mol. The average Bonchev–Trinajstić information content (AvgIpc) is 3.18. The van der Waals surface area contributed by atoms with E-state index in [0.29, 0.717) is 5.92 Å². The van der Waals surface area contributed by atoms with Gasteiger partial charge in [0.25, 0.3) is 0 Å². The third-order valence-corrected chi connectivity index (χ3v) is 4.01. The van der Waals surface area contributed by atoms with Gasteiger partial charge in [0.2, 0.25) is 0 Å². The number of hydrogen-bond acceptors (Lipinski definition) is 2. The predicted molar refractivity (Wildman–Crippen MR) is 86.7 cm³/mol. The molecule has 0 atom stereocenters. The van der Waals surface area contributed by atoms with Crippen LogP contribution < -0.4 is 10.2 Å². The maximum Gasteiger partial charge on any atom is 0.0423 e. The van der Waals surface area contributed by atoms with E-state index in [1.807, 2.05) is 0 Å². The van der Waals surface area contributed by atoms with Gasteiger partial charge in [-0.05, 0) is 43.4 Å². The zero-order valence-corrected chi connectivity index (χ0v) is 13.8. The molecule has 1 aromatic rings. The normalized spacial score (nSPS) is 15.0. The van der Waals surface area contributed by atoms with Crippen molar-refractivity contribution in [2.24, 2.45) is 5.92 Å². The van der Waals surface area contributed by atoms with Crippen LogP contribution in [0.5, 0.6) is 0 Å². The highest BCUT2D eigenvalue weighted by molar-refractivity contribution is 9.10. The summed E-state index contributed by atoms with van der Waals surface area (Å²) in [6, 6.07) is 7.42. The van der Waals surface area contributed by atoms with Crippen LogP contribution in [0, 0.1) is 5.92 Å². The van der Waals surface area contributed by atoms with E-state index >= 15 is 0 Å². The van der Waals surface area contributed by atoms with E-state index in [9.17, 15) is 0 Å². The van der Waals surface area contributed by atoms with Gasteiger partial charge < -0.3 is 10.2 Å². The highest BCUT2D eigenvalue weighted by atomic mass is 79.9. The van der Waals surface area contributed by atoms with Gasteiger partial charge in [-0.25, -0.2) is 0 Å². The van der Waals surface area contributed by atoms with E-state index in [1.54, 1.807) is 0 Å². The first-order valence-corrected chi connectivity index (χ1v) is 8.16. The molecule has 0 radical (unpaired) electrons. The first-order chi connectivity index (χ1) is 9.10. The molecule has 1 N–H and O–H groups in total. The summed E-state index contributed by atoms with van der Waals surface area (Å²) < 4.78 is 1.17. The minimum Gasteiger partial charge on any atom is -0.371 e. The molecule has 2 rings (SSSR count). The molecule has 0 amide bonds. The maximum absolute atomic E-state index is 3.62. The van der Waals surface area contributed by atoms with Crippen molar-refractivity contribution in [1.29, 1.82) is 0 Å². The summed E-state index contributed by atoms with van der Waals surface area (Å²) in [5, 5.41) is 3.62. The van der Waals surface area contributed by atoms with Crippen LogP contribution in [0.15, 0.2) is 22.7 Å². The molecule has 0 aromatic heterocycles. The minimum atomic E-state index is 0.683. The predicted octanol–water partition coefficient (Wildman–Crippen LogP) is 4.18. The van der Waals surface area contributed by atoms with E-state index in [2.05, 4.69) is 65.1 Å². The van der Waals surface area contributed by atoms with Crippen LogP contribution in [0.1, 0.15) is 39.2 Å². The number of nitrogens with zero attached hydrogens (tertiary/aromatic N) is 1. The summed E-state index contributed by atoms with van der Waals surface area (Å²) in [7, 11) is 0. The highest BCUT2D eigenvalue weighted by Gasteiger charge is 2.21. The van der Waals surface area contributed by atoms with Crippen LogP contribution in [0.3, 0.4) is 0 Å². The van der Waals surface area contributed by atoms with Gasteiger partial charge in [0, 0.05) is 35.8 Å². The lowest BCUT2D eigenvalue weighted by Gasteiger charge is -2.28. The van der Waals surface area contributed by atoms with Gasteiger partial charge in [-0.1, -0.05) is 35.8 Å². The van der Waals surface area contributed by atoms with Crippen molar-refractivity contribution in [3.05, 3.63) is 28.2 Å². The molecule has 0 bridgehead atoms. The molecule has 0 unspecified atom stereocenters. The Labute approximate surface area is 125 Å². The fourth-order valence-electron chi connectivity index (χ4n) is 2.36. The van der Waals surface area contributed by atoms with E-state index in [0.717, 1.165) is 25.7 Å². The van der Waals surface area contributed by atoms with Crippen molar-refractivity contribution in [2.45, 2.75) is 46.2 Å². The first kappa shape index (κ1) is 14.9. The van der Waals surface area contributed by atoms with Crippen LogP contribution in [-0.2, 0) is 6.54 Å². The summed E-state index contributed by atoms with van der Waals surface area (Å²) in [5.41, 5.74) is 2.79. The molecule has 0 spiro atoms. The van der Waals surface area contributed by atoms with Crippen molar-refractivity contribution in [3.8, 4) is 0 Å². The highest BCUT2D eigenvalue weighted by Crippen LogP contribution is 2.27. The summed E-state index contributed by atoms with van der Waals surface area (Å²) >= 11 is 3.61. The smallest absolute Gasteiger partial charge is 0.0423 e. The van der Waals surface area contributed by atoms with Crippen molar-refractivity contribution in [1.82, 2.24) is 5.32 Å². The Morgan fingerprint density at radius 2 is 2.11 bits per heavy atom. The van der Waals surface area contributed by atoms with Gasteiger partial charge in [0.05, 0.1) is 0 Å². The van der Waals surface area contributed by atoms with Gasteiger partial charge in [-0.2, -0.15) is 0 Å². The van der Waals surface area contributed by atoms with Crippen LogP contribution >= 0.6 is 15.9 Å². The fourth-order valence-corrected chi connectivity index (χ4v) is 2.71. The third kappa shape index (κ3) is 4.50. The first-order valence-electron chi connectivity index (χ1n) is 7.37. The molecule has 19 heavy (non-hydrogen) atoms. The second kappa shape index (κ2) is 6.76. The van der Waals surface area contributed by atoms with Crippen molar-refractivity contribution < 1.29 is 0 Å². The maximum atomic E-state index is 3.62. The molecule has 0 saturated heterocycles. The molecule has 1 fully saturated rings. The van der Waals surface area contributed by atoms with Gasteiger partial charge in [0.15, 0.2) is 0 Å². The number of anilines is 1. The number of halogens is 1. The van der Waals surface area contributed by atoms with Crippen LogP contribution in [0.25, 0.3) is 0 Å². The second-order valence-corrected chi connectivity index (χ2v) is 6.78. The topological polar surface area (TPSA) is 15.3 Å². The molecule has 3 heteroatoms. The molecule has 0 heterocycles. The van der Waals surface area contributed by atoms with Gasteiger partial charge in [0.1, 0.15) is 0 Å². The lowest BCUT2D eigenvalue weighted by molar-refractivity contribution is 0.613. The number of nitrogens with one attached hydrogen (secondary N) is 1. The lowest BCUT2D eigenvalue weighted by atomic mass is 10.1. The van der Waals surface area contributed by atoms with Crippen LogP contribution in [0.4, 0.5) is 5.69 Å². The van der Waals surface area contributed by atoms with E-state index < -0.39 is 0 Å². The zero-order valence-electron chi connectivity index (χ0n) is 12.2. The monoisotopic (exact) mass is 324 g/mol. The summed E-state index contributed by atoms with van der Waals surface area (Å²) in [6.45, 7) is 9.96. The second-order valence-electron chi connectivity index (χ2n) is 5.86. The number of rotatable bonds is 7. The Kier molecular flexibility index (Phi) is 5.28. The molecular formula is C16H25BrN2. The van der Waals surface area contributed by atoms with Gasteiger partial charge in [-0.15, -0.1) is 0 Å². The van der Waals surface area contributed by atoms with Gasteiger partial charge >= 0.3 is 0 Å². The van der Waals surface area contributed by atoms with Crippen molar-refractivity contribution in [2.75, 3.05) is 18.0 Å². The average molecular weight is 325 g/mol. The molecule has 1 aliphatic carbocycles. The summed E-state index contributed by atoms with van der Waals surface area (Å²) in [5.74, 6) is 0.683. The quantitative estimate of drug-likeness (QED) is 0.809. The Morgan fingerprint density at radius 3 is 2.68 bits per heavy atom. The van der Waals surface area contributed by atoms with E-state index in [-0.39, 0.29) is 0 Å². The van der Waals surface area contributed by atoms with Crippen LogP contribution in [-0.4, -0.2) is 19.1 Å². The molecule has 1 aliphatic rings. The summed E-state index contributed by atoms with van der Waals surface area (Å²) in [6.07, 6.45) is 2.69. The van der Waals surface area contributed by atoms with E-state index in [4.69, 9.17) is 0 Å². The Balaban J connectivity index is 2.15. The van der Waals surface area contributed by atoms with Crippen molar-refractivity contribution >= 4 is 21.6 Å². The largest absolute Gasteiger partial charge is 0.371 e. The third-order valence-electron chi connectivity index (χ3n) is 3.51. The molecule has 106 valence electrons. The minimum absolute atomic E-state index is 0.683. The standard InChI is InChI=1S/C16H25BrN2/c1-4-19(11-12(2)3)16-9-14(17)6-5-13(16)10-18-15-7-8-15/h5-6,9,12,15,18H,4,7-8,10-11H2,1-3H3. The Bertz CT molecular complexity index is 413. The van der Waals surface area contributed by atoms with Crippen molar-refractivity contribution in [3.63, 3.8) is 0 Å². The Morgan fingerprint density at radius 1 is 1.37 bits per heavy atom. The van der Waals surface area contributed by atoms with Crippen LogP contribution in [0.2, 0.25) is 0 Å². The molecule has 2 nitrogen and oxygen atoms in total. The van der Waals surface area contributed by atoms with E-state index in [1.165, 1.54) is 28.6 Å². The summed E-state index contributed by atoms with van der Waals surface area (Å²) in [4.78, 5) is 2.49. The lowest BCUT2D eigenvalue weighted by Crippen LogP contribution is -2.29. The zero-order chi connectivity index (χ0) is 13.8. The Hall–Kier alpha value is -0.540. The SMILES string of the molecule is CCN(CC(C)C)c1cc(Br)ccc1CNC1CC1. The van der Waals surface area contributed by atoms with Gasteiger partial charge in [-0.3, -0.25) is 0 Å². The molecule has 0 aliphatic heterocycles. The fraction of sp³-hybridized carbons (Fsp3) is 0.625.